The molecule has 0 spiro atoms. The third-order valence-corrected chi connectivity index (χ3v) is 7.34. The zero-order valence-corrected chi connectivity index (χ0v) is 21.0. The second-order valence-electron chi connectivity index (χ2n) is 8.56. The topological polar surface area (TPSA) is 75.7 Å². The van der Waals surface area contributed by atoms with Gasteiger partial charge in [-0.3, -0.25) is 4.79 Å². The Kier molecular flexibility index (Phi) is 7.83. The number of carbonyl (C=O) groups excluding carboxylic acids is 1. The lowest BCUT2D eigenvalue weighted by molar-refractivity contribution is -0.116. The summed E-state index contributed by atoms with van der Waals surface area (Å²) in [5.74, 6) is 0.902. The average Bonchev–Trinajstić information content (AvgIpc) is 2.86. The monoisotopic (exact) mass is 500 g/mol. The van der Waals surface area contributed by atoms with E-state index in [4.69, 9.17) is 4.74 Å². The van der Waals surface area contributed by atoms with Crippen LogP contribution in [0.5, 0.6) is 11.5 Å². The number of aryl methyl sites for hydroxylation is 2. The second kappa shape index (κ2) is 11.2. The van der Waals surface area contributed by atoms with E-state index in [1.54, 1.807) is 48.5 Å². The third-order valence-electron chi connectivity index (χ3n) is 5.54. The summed E-state index contributed by atoms with van der Waals surface area (Å²) in [6.07, 6.45) is 0. The Morgan fingerprint density at radius 2 is 1.44 bits per heavy atom. The highest BCUT2D eigenvalue weighted by Crippen LogP contribution is 2.23. The van der Waals surface area contributed by atoms with Crippen molar-refractivity contribution in [3.8, 4) is 11.5 Å². The number of rotatable bonds is 9. The number of hydrogen-bond acceptors (Lipinski definition) is 4. The first kappa shape index (κ1) is 25.2. The maximum atomic E-state index is 13.5. The highest BCUT2D eigenvalue weighted by atomic mass is 32.2. The summed E-state index contributed by atoms with van der Waals surface area (Å²) in [6.45, 7) is 3.59. The minimum absolute atomic E-state index is 0.0785. The maximum absolute atomic E-state index is 13.5. The van der Waals surface area contributed by atoms with Crippen LogP contribution in [0.25, 0.3) is 0 Å². The third kappa shape index (κ3) is 6.59. The van der Waals surface area contributed by atoms with Crippen molar-refractivity contribution in [2.75, 3.05) is 11.9 Å². The van der Waals surface area contributed by atoms with Gasteiger partial charge in [0.25, 0.3) is 0 Å². The van der Waals surface area contributed by atoms with Crippen molar-refractivity contribution in [3.05, 3.63) is 120 Å². The van der Waals surface area contributed by atoms with Gasteiger partial charge in [0.2, 0.25) is 15.9 Å². The van der Waals surface area contributed by atoms with E-state index in [0.717, 1.165) is 16.7 Å². The fourth-order valence-electron chi connectivity index (χ4n) is 3.69. The highest BCUT2D eigenvalue weighted by Gasteiger charge is 2.27. The first-order valence-electron chi connectivity index (χ1n) is 11.5. The molecule has 0 radical (unpaired) electrons. The van der Waals surface area contributed by atoms with Crippen molar-refractivity contribution in [3.63, 3.8) is 0 Å². The van der Waals surface area contributed by atoms with Gasteiger partial charge in [-0.05, 0) is 67.9 Å². The van der Waals surface area contributed by atoms with Crippen molar-refractivity contribution in [1.82, 2.24) is 4.31 Å². The predicted octanol–water partition coefficient (Wildman–Crippen LogP) is 5.93. The van der Waals surface area contributed by atoms with Crippen molar-refractivity contribution in [2.45, 2.75) is 25.3 Å². The number of para-hydroxylation sites is 1. The smallest absolute Gasteiger partial charge is 0.243 e. The molecule has 1 amide bonds. The molecule has 0 aliphatic rings. The van der Waals surface area contributed by atoms with Gasteiger partial charge in [-0.1, -0.05) is 65.7 Å². The molecule has 1 N–H and O–H groups in total. The van der Waals surface area contributed by atoms with Crippen LogP contribution in [-0.4, -0.2) is 25.2 Å². The van der Waals surface area contributed by atoms with Crippen LogP contribution in [-0.2, 0) is 21.4 Å². The van der Waals surface area contributed by atoms with Crippen LogP contribution in [0.15, 0.2) is 108 Å². The van der Waals surface area contributed by atoms with E-state index in [0.29, 0.717) is 17.2 Å². The quantitative estimate of drug-likeness (QED) is 0.309. The van der Waals surface area contributed by atoms with E-state index in [-0.39, 0.29) is 18.0 Å². The van der Waals surface area contributed by atoms with Crippen molar-refractivity contribution >= 4 is 21.6 Å². The molecule has 0 aliphatic heterocycles. The van der Waals surface area contributed by atoms with E-state index in [9.17, 15) is 13.2 Å². The zero-order chi connectivity index (χ0) is 25.5. The largest absolute Gasteiger partial charge is 0.457 e. The van der Waals surface area contributed by atoms with Crippen molar-refractivity contribution < 1.29 is 17.9 Å². The number of ether oxygens (including phenoxy) is 1. The molecule has 0 fully saturated rings. The summed E-state index contributed by atoms with van der Waals surface area (Å²) >= 11 is 0. The van der Waals surface area contributed by atoms with Crippen molar-refractivity contribution in [1.29, 1.82) is 0 Å². The van der Waals surface area contributed by atoms with Crippen LogP contribution in [0.1, 0.15) is 16.7 Å². The minimum Gasteiger partial charge on any atom is -0.457 e. The average molecular weight is 501 g/mol. The lowest BCUT2D eigenvalue weighted by Crippen LogP contribution is -2.37. The Labute approximate surface area is 212 Å². The van der Waals surface area contributed by atoms with Gasteiger partial charge in [-0.25, -0.2) is 8.42 Å². The Balaban J connectivity index is 1.50. The van der Waals surface area contributed by atoms with Crippen LogP contribution in [0.4, 0.5) is 5.69 Å². The summed E-state index contributed by atoms with van der Waals surface area (Å²) < 4.78 is 33.9. The molecule has 0 atom stereocenters. The minimum atomic E-state index is -3.91. The van der Waals surface area contributed by atoms with Gasteiger partial charge >= 0.3 is 0 Å². The summed E-state index contributed by atoms with van der Waals surface area (Å²) in [5.41, 5.74) is 3.32. The van der Waals surface area contributed by atoms with E-state index in [1.807, 2.05) is 68.4 Å². The standard InChI is InChI=1S/C29H28N2O4S/c1-22-11-17-28(18-12-22)36(33,34)31(20-24-8-6-7-23(2)19-24)21-29(32)30-25-13-15-27(16-14-25)35-26-9-4-3-5-10-26/h3-19H,20-21H2,1-2H3,(H,30,32). The van der Waals surface area contributed by atoms with E-state index < -0.39 is 15.9 Å². The van der Waals surface area contributed by atoms with Crippen molar-refractivity contribution in [2.24, 2.45) is 0 Å². The van der Waals surface area contributed by atoms with Gasteiger partial charge in [0.15, 0.2) is 0 Å². The van der Waals surface area contributed by atoms with Crippen LogP contribution in [0.3, 0.4) is 0 Å². The second-order valence-corrected chi connectivity index (χ2v) is 10.5. The van der Waals surface area contributed by atoms with E-state index in [1.165, 1.54) is 4.31 Å². The van der Waals surface area contributed by atoms with Gasteiger partial charge in [-0.15, -0.1) is 0 Å². The first-order valence-corrected chi connectivity index (χ1v) is 13.0. The number of carbonyl (C=O) groups is 1. The first-order chi connectivity index (χ1) is 17.3. The fourth-order valence-corrected chi connectivity index (χ4v) is 5.08. The summed E-state index contributed by atoms with van der Waals surface area (Å²) in [4.78, 5) is 13.1. The Bertz CT molecular complexity index is 1420. The summed E-state index contributed by atoms with van der Waals surface area (Å²) in [6, 6.07) is 30.5. The molecule has 0 bridgehead atoms. The lowest BCUT2D eigenvalue weighted by Gasteiger charge is -2.22. The van der Waals surface area contributed by atoms with Gasteiger partial charge in [0.05, 0.1) is 11.4 Å². The number of nitrogens with one attached hydrogen (secondary N) is 1. The number of sulfonamides is 1. The van der Waals surface area contributed by atoms with Gasteiger partial charge in [0, 0.05) is 12.2 Å². The Hall–Kier alpha value is -3.94. The number of benzene rings is 4. The molecule has 4 rings (SSSR count). The normalized spacial score (nSPS) is 11.3. The number of anilines is 1. The van der Waals surface area contributed by atoms with E-state index in [2.05, 4.69) is 5.32 Å². The molecule has 6 nitrogen and oxygen atoms in total. The molecule has 0 saturated heterocycles. The molecule has 36 heavy (non-hydrogen) atoms. The molecule has 0 heterocycles. The van der Waals surface area contributed by atoms with E-state index >= 15 is 0 Å². The SMILES string of the molecule is Cc1ccc(S(=O)(=O)N(CC(=O)Nc2ccc(Oc3ccccc3)cc2)Cc2cccc(C)c2)cc1. The molecular weight excluding hydrogens is 472 g/mol. The molecular formula is C29H28N2O4S. The molecule has 0 aliphatic carbocycles. The van der Waals surface area contributed by atoms with Crippen LogP contribution in [0, 0.1) is 13.8 Å². The summed E-state index contributed by atoms with van der Waals surface area (Å²) in [7, 11) is -3.91. The predicted molar refractivity (Wildman–Crippen MR) is 142 cm³/mol. The lowest BCUT2D eigenvalue weighted by atomic mass is 10.1. The van der Waals surface area contributed by atoms with Gasteiger partial charge < -0.3 is 10.1 Å². The number of nitrogens with zero attached hydrogens (tertiary/aromatic N) is 1. The molecule has 4 aromatic rings. The molecule has 0 aromatic heterocycles. The summed E-state index contributed by atoms with van der Waals surface area (Å²) in [5, 5.41) is 2.79. The van der Waals surface area contributed by atoms with Gasteiger partial charge in [-0.2, -0.15) is 4.31 Å². The highest BCUT2D eigenvalue weighted by molar-refractivity contribution is 7.89. The number of hydrogen-bond donors (Lipinski definition) is 1. The molecule has 0 saturated carbocycles. The number of amides is 1. The van der Waals surface area contributed by atoms with Crippen LogP contribution < -0.4 is 10.1 Å². The molecule has 7 heteroatoms. The zero-order valence-electron chi connectivity index (χ0n) is 20.2. The maximum Gasteiger partial charge on any atom is 0.243 e. The fraction of sp³-hybridized carbons (Fsp3) is 0.138. The Morgan fingerprint density at radius 3 is 2.11 bits per heavy atom. The molecule has 184 valence electrons. The van der Waals surface area contributed by atoms with Crippen LogP contribution in [0.2, 0.25) is 0 Å². The Morgan fingerprint density at radius 1 is 0.778 bits per heavy atom. The molecule has 0 unspecified atom stereocenters. The molecule has 4 aromatic carbocycles. The van der Waals surface area contributed by atoms with Crippen LogP contribution >= 0.6 is 0 Å². The van der Waals surface area contributed by atoms with Gasteiger partial charge in [0.1, 0.15) is 11.5 Å².